The van der Waals surface area contributed by atoms with Crippen LogP contribution in [0.5, 0.6) is 0 Å². The van der Waals surface area contributed by atoms with E-state index in [-0.39, 0.29) is 12.3 Å². The van der Waals surface area contributed by atoms with Crippen LogP contribution < -0.4 is 0 Å². The van der Waals surface area contributed by atoms with Gasteiger partial charge in [0, 0.05) is 6.92 Å². The van der Waals surface area contributed by atoms with Crippen molar-refractivity contribution in [3.63, 3.8) is 0 Å². The molecule has 1 aliphatic heterocycles. The minimum absolute atomic E-state index is 0.0968. The number of hydrogen-bond donors (Lipinski definition) is 0. The van der Waals surface area contributed by atoms with Gasteiger partial charge in [-0.25, -0.2) is 0 Å². The molecule has 0 bridgehead atoms. The van der Waals surface area contributed by atoms with Gasteiger partial charge in [-0.1, -0.05) is 50.2 Å². The van der Waals surface area contributed by atoms with Crippen molar-refractivity contribution < 1.29 is 32.0 Å². The minimum Gasteiger partial charge on any atom is -0.461 e. The van der Waals surface area contributed by atoms with E-state index in [2.05, 4.69) is 5.16 Å². The second-order valence-electron chi connectivity index (χ2n) is 8.40. The molecular weight excluding hydrogens is 391 g/mol. The Morgan fingerprint density at radius 3 is 2.25 bits per heavy atom. The van der Waals surface area contributed by atoms with Gasteiger partial charge in [-0.2, -0.15) is 13.2 Å². The van der Waals surface area contributed by atoms with Crippen molar-refractivity contribution in [3.05, 3.63) is 35.4 Å². The number of benzene rings is 1. The molecule has 0 aromatic heterocycles. The summed E-state index contributed by atoms with van der Waals surface area (Å²) in [5, 5.41) is 3.28. The molecule has 9 heteroatoms. The maximum atomic E-state index is 13.9. The summed E-state index contributed by atoms with van der Waals surface area (Å²) >= 11 is 0. The monoisotopic (exact) mass is 417 g/mol. The van der Waals surface area contributed by atoms with Crippen LogP contribution in [0.2, 0.25) is 18.1 Å². The Morgan fingerprint density at radius 2 is 1.79 bits per heavy atom. The molecule has 0 saturated heterocycles. The summed E-state index contributed by atoms with van der Waals surface area (Å²) in [5.74, 6) is -3.18. The number of oxime groups is 1. The van der Waals surface area contributed by atoms with Crippen LogP contribution in [0.25, 0.3) is 0 Å². The zero-order chi connectivity index (χ0) is 21.4. The lowest BCUT2D eigenvalue weighted by molar-refractivity contribution is -0.347. The SMILES string of the molecule is CC(=O)OCc1ccc(C2=NOC(O[Si](C)(C)C(C)(C)C)(C(F)(F)F)C2)cc1. The first-order valence-electron chi connectivity index (χ1n) is 8.91. The predicted octanol–water partition coefficient (Wildman–Crippen LogP) is 5.15. The Morgan fingerprint density at radius 1 is 1.21 bits per heavy atom. The molecule has 0 amide bonds. The number of carbonyl (C=O) groups is 1. The smallest absolute Gasteiger partial charge is 0.457 e. The van der Waals surface area contributed by atoms with Crippen LogP contribution in [0.3, 0.4) is 0 Å². The number of ether oxygens (including phenoxy) is 1. The Hall–Kier alpha value is -1.87. The first kappa shape index (κ1) is 22.4. The van der Waals surface area contributed by atoms with Gasteiger partial charge in [-0.15, -0.1) is 0 Å². The van der Waals surface area contributed by atoms with E-state index >= 15 is 0 Å². The Kier molecular flexibility index (Phi) is 6.01. The first-order chi connectivity index (χ1) is 12.7. The van der Waals surface area contributed by atoms with Gasteiger partial charge in [0.15, 0.2) is 8.32 Å². The Labute approximate surface area is 164 Å². The molecule has 0 fully saturated rings. The fourth-order valence-electron chi connectivity index (χ4n) is 2.38. The van der Waals surface area contributed by atoms with Gasteiger partial charge in [-0.05, 0) is 29.3 Å². The van der Waals surface area contributed by atoms with E-state index < -0.39 is 37.7 Å². The molecule has 0 N–H and O–H groups in total. The summed E-state index contributed by atoms with van der Waals surface area (Å²) in [5.41, 5.74) is 1.38. The molecule has 1 aromatic rings. The second-order valence-corrected chi connectivity index (χ2v) is 13.1. The molecule has 0 aliphatic carbocycles. The third kappa shape index (κ3) is 4.75. The maximum Gasteiger partial charge on any atom is 0.457 e. The van der Waals surface area contributed by atoms with E-state index in [0.29, 0.717) is 5.56 Å². The van der Waals surface area contributed by atoms with E-state index in [1.54, 1.807) is 37.4 Å². The standard InChI is InChI=1S/C19H26F3NO4Si/c1-13(24)25-12-14-7-9-15(10-8-14)16-11-18(26-23-16,19(20,21)22)27-28(5,6)17(2,3)4/h7-10H,11-12H2,1-6H3. The molecule has 0 radical (unpaired) electrons. The highest BCUT2D eigenvalue weighted by molar-refractivity contribution is 6.74. The van der Waals surface area contributed by atoms with Crippen LogP contribution in [0.4, 0.5) is 13.2 Å². The number of nitrogens with zero attached hydrogens (tertiary/aromatic N) is 1. The lowest BCUT2D eigenvalue weighted by Crippen LogP contribution is -2.57. The lowest BCUT2D eigenvalue weighted by atomic mass is 10.0. The largest absolute Gasteiger partial charge is 0.461 e. The average Bonchev–Trinajstić information content (AvgIpc) is 2.97. The van der Waals surface area contributed by atoms with Crippen molar-refractivity contribution in [3.8, 4) is 0 Å². The number of halogens is 3. The predicted molar refractivity (Wildman–Crippen MR) is 101 cm³/mol. The topological polar surface area (TPSA) is 57.1 Å². The summed E-state index contributed by atoms with van der Waals surface area (Å²) in [6.07, 6.45) is -5.25. The molecule has 1 atom stereocenters. The van der Waals surface area contributed by atoms with Crippen molar-refractivity contribution >= 4 is 20.0 Å². The molecular formula is C19H26F3NO4Si. The molecule has 0 saturated carbocycles. The Balaban J connectivity index is 2.22. The molecule has 5 nitrogen and oxygen atoms in total. The van der Waals surface area contributed by atoms with Gasteiger partial charge < -0.3 is 14.0 Å². The normalized spacial score (nSPS) is 20.5. The van der Waals surface area contributed by atoms with Crippen molar-refractivity contribution in [2.75, 3.05) is 0 Å². The summed E-state index contributed by atoms with van der Waals surface area (Å²) in [6, 6.07) is 6.59. The van der Waals surface area contributed by atoms with Gasteiger partial charge in [0.1, 0.15) is 6.61 Å². The van der Waals surface area contributed by atoms with E-state index in [1.807, 2.05) is 20.8 Å². The minimum atomic E-state index is -4.73. The third-order valence-electron chi connectivity index (χ3n) is 5.09. The molecule has 28 heavy (non-hydrogen) atoms. The van der Waals surface area contributed by atoms with Gasteiger partial charge in [0.25, 0.3) is 0 Å². The molecule has 2 rings (SSSR count). The van der Waals surface area contributed by atoms with Gasteiger partial charge in [-0.3, -0.25) is 4.79 Å². The maximum absolute atomic E-state index is 13.9. The quantitative estimate of drug-likeness (QED) is 0.491. The van der Waals surface area contributed by atoms with E-state index in [9.17, 15) is 18.0 Å². The lowest BCUT2D eigenvalue weighted by Gasteiger charge is -2.42. The average molecular weight is 418 g/mol. The molecule has 1 aromatic carbocycles. The first-order valence-corrected chi connectivity index (χ1v) is 11.8. The molecule has 1 unspecified atom stereocenters. The fourth-order valence-corrected chi connectivity index (χ4v) is 3.73. The van der Waals surface area contributed by atoms with Crippen LogP contribution in [0, 0.1) is 0 Å². The van der Waals surface area contributed by atoms with E-state index in [0.717, 1.165) is 5.56 Å². The van der Waals surface area contributed by atoms with Gasteiger partial charge in [0.2, 0.25) is 0 Å². The van der Waals surface area contributed by atoms with Crippen LogP contribution in [0.15, 0.2) is 29.4 Å². The summed E-state index contributed by atoms with van der Waals surface area (Å²) in [6.45, 7) is 10.5. The van der Waals surface area contributed by atoms with E-state index in [4.69, 9.17) is 14.0 Å². The third-order valence-corrected chi connectivity index (χ3v) is 9.54. The van der Waals surface area contributed by atoms with Crippen molar-refractivity contribution in [2.45, 2.75) is 70.8 Å². The highest BCUT2D eigenvalue weighted by Crippen LogP contribution is 2.48. The summed E-state index contributed by atoms with van der Waals surface area (Å²) in [4.78, 5) is 15.8. The molecule has 0 spiro atoms. The highest BCUT2D eigenvalue weighted by atomic mass is 28.4. The van der Waals surface area contributed by atoms with Gasteiger partial charge >= 0.3 is 17.9 Å². The van der Waals surface area contributed by atoms with Crippen molar-refractivity contribution in [1.29, 1.82) is 0 Å². The zero-order valence-electron chi connectivity index (χ0n) is 16.9. The Bertz CT molecular complexity index is 754. The van der Waals surface area contributed by atoms with Crippen LogP contribution in [-0.2, 0) is 25.4 Å². The summed E-state index contributed by atoms with van der Waals surface area (Å²) in [7, 11) is -2.78. The number of alkyl halides is 3. The second kappa shape index (κ2) is 7.51. The van der Waals surface area contributed by atoms with Crippen LogP contribution in [0.1, 0.15) is 45.2 Å². The number of carbonyl (C=O) groups excluding carboxylic acids is 1. The number of hydrogen-bond acceptors (Lipinski definition) is 5. The van der Waals surface area contributed by atoms with Crippen molar-refractivity contribution in [1.82, 2.24) is 0 Å². The number of rotatable bonds is 5. The molecule has 1 aliphatic rings. The molecule has 1 heterocycles. The van der Waals surface area contributed by atoms with Gasteiger partial charge in [0.05, 0.1) is 12.1 Å². The molecule has 156 valence electrons. The number of esters is 1. The highest BCUT2D eigenvalue weighted by Gasteiger charge is 2.65. The van der Waals surface area contributed by atoms with E-state index in [1.165, 1.54) is 6.92 Å². The van der Waals surface area contributed by atoms with Crippen LogP contribution >= 0.6 is 0 Å². The van der Waals surface area contributed by atoms with Crippen molar-refractivity contribution in [2.24, 2.45) is 5.16 Å². The fraction of sp³-hybridized carbons (Fsp3) is 0.579. The zero-order valence-corrected chi connectivity index (χ0v) is 17.9. The van der Waals surface area contributed by atoms with Crippen LogP contribution in [-0.4, -0.2) is 32.0 Å². The summed E-state index contributed by atoms with van der Waals surface area (Å²) < 4.78 is 52.3.